The van der Waals surface area contributed by atoms with Crippen LogP contribution in [0.5, 0.6) is 5.75 Å². The lowest BCUT2D eigenvalue weighted by atomic mass is 9.92. The normalized spacial score (nSPS) is 12.2. The molecule has 0 saturated heterocycles. The molecule has 2 aromatic rings. The molecule has 2 aromatic carbocycles. The van der Waals surface area contributed by atoms with Gasteiger partial charge in [0.05, 0.1) is 13.2 Å². The Balaban J connectivity index is 2.12. The highest BCUT2D eigenvalue weighted by atomic mass is 35.5. The summed E-state index contributed by atoms with van der Waals surface area (Å²) in [6.07, 6.45) is 0.757. The third-order valence-electron chi connectivity index (χ3n) is 3.28. The molecule has 0 aliphatic rings. The number of benzene rings is 2. The van der Waals surface area contributed by atoms with Crippen LogP contribution in [0.15, 0.2) is 48.5 Å². The van der Waals surface area contributed by atoms with Gasteiger partial charge in [0.2, 0.25) is 0 Å². The summed E-state index contributed by atoms with van der Waals surface area (Å²) in [6, 6.07) is 15.7. The monoisotopic (exact) mass is 290 g/mol. The van der Waals surface area contributed by atoms with Crippen molar-refractivity contribution < 1.29 is 9.84 Å². The minimum Gasteiger partial charge on any atom is -0.494 e. The van der Waals surface area contributed by atoms with Gasteiger partial charge >= 0.3 is 0 Å². The molecule has 0 heterocycles. The minimum atomic E-state index is 0.0154. The van der Waals surface area contributed by atoms with E-state index in [1.165, 1.54) is 0 Å². The Labute approximate surface area is 125 Å². The van der Waals surface area contributed by atoms with E-state index in [4.69, 9.17) is 16.3 Å². The zero-order valence-electron chi connectivity index (χ0n) is 11.6. The summed E-state index contributed by atoms with van der Waals surface area (Å²) in [4.78, 5) is 0. The number of aliphatic hydroxyl groups is 1. The van der Waals surface area contributed by atoms with Crippen molar-refractivity contribution >= 4 is 11.6 Å². The molecule has 0 aliphatic heterocycles. The molecule has 0 bridgehead atoms. The van der Waals surface area contributed by atoms with Crippen molar-refractivity contribution in [2.24, 2.45) is 0 Å². The van der Waals surface area contributed by atoms with Gasteiger partial charge in [0.25, 0.3) is 0 Å². The lowest BCUT2D eigenvalue weighted by Gasteiger charge is -2.16. The first kappa shape index (κ1) is 14.9. The average molecular weight is 291 g/mol. The number of halogens is 1. The largest absolute Gasteiger partial charge is 0.494 e. The van der Waals surface area contributed by atoms with Crippen LogP contribution in [0.3, 0.4) is 0 Å². The van der Waals surface area contributed by atoms with Gasteiger partial charge in [-0.25, -0.2) is 0 Å². The minimum absolute atomic E-state index is 0.0154. The highest BCUT2D eigenvalue weighted by Crippen LogP contribution is 2.27. The standard InChI is InChI=1S/C17H19ClO2/c1-2-20-15-9-7-13(8-10-15)11-14(12-19)16-5-3-4-6-17(16)18/h3-10,14,19H,2,11-12H2,1H3. The molecular weight excluding hydrogens is 272 g/mol. The van der Waals surface area contributed by atoms with Gasteiger partial charge in [0.15, 0.2) is 0 Å². The van der Waals surface area contributed by atoms with Crippen molar-refractivity contribution in [1.29, 1.82) is 0 Å². The lowest BCUT2D eigenvalue weighted by Crippen LogP contribution is -2.08. The third kappa shape index (κ3) is 3.75. The quantitative estimate of drug-likeness (QED) is 0.869. The molecule has 1 unspecified atom stereocenters. The Hall–Kier alpha value is -1.51. The Bertz CT molecular complexity index is 537. The highest BCUT2D eigenvalue weighted by Gasteiger charge is 2.14. The Morgan fingerprint density at radius 2 is 1.80 bits per heavy atom. The smallest absolute Gasteiger partial charge is 0.119 e. The SMILES string of the molecule is CCOc1ccc(CC(CO)c2ccccc2Cl)cc1. The van der Waals surface area contributed by atoms with Crippen LogP contribution in [0, 0.1) is 0 Å². The van der Waals surface area contributed by atoms with E-state index in [2.05, 4.69) is 0 Å². The van der Waals surface area contributed by atoms with E-state index in [0.29, 0.717) is 11.6 Å². The summed E-state index contributed by atoms with van der Waals surface area (Å²) in [5.41, 5.74) is 2.15. The van der Waals surface area contributed by atoms with Gasteiger partial charge in [-0.2, -0.15) is 0 Å². The second-order valence-corrected chi connectivity index (χ2v) is 5.09. The van der Waals surface area contributed by atoms with Gasteiger partial charge in [-0.05, 0) is 42.7 Å². The molecule has 3 heteroatoms. The fraction of sp³-hybridized carbons (Fsp3) is 0.294. The van der Waals surface area contributed by atoms with Gasteiger partial charge in [0, 0.05) is 10.9 Å². The van der Waals surface area contributed by atoms with Crippen LogP contribution in [-0.2, 0) is 6.42 Å². The molecule has 2 rings (SSSR count). The topological polar surface area (TPSA) is 29.5 Å². The van der Waals surface area contributed by atoms with Crippen molar-refractivity contribution in [3.05, 3.63) is 64.7 Å². The van der Waals surface area contributed by atoms with Gasteiger partial charge in [-0.1, -0.05) is 41.9 Å². The van der Waals surface area contributed by atoms with E-state index in [0.717, 1.165) is 23.3 Å². The summed E-state index contributed by atoms with van der Waals surface area (Å²) >= 11 is 6.20. The summed E-state index contributed by atoms with van der Waals surface area (Å²) in [5, 5.41) is 10.3. The summed E-state index contributed by atoms with van der Waals surface area (Å²) in [6.45, 7) is 2.71. The van der Waals surface area contributed by atoms with Crippen molar-refractivity contribution in [3.8, 4) is 5.75 Å². The molecule has 0 radical (unpaired) electrons. The van der Waals surface area contributed by atoms with Crippen LogP contribution in [0.1, 0.15) is 24.0 Å². The van der Waals surface area contributed by atoms with Crippen LogP contribution in [0.4, 0.5) is 0 Å². The molecule has 1 atom stereocenters. The number of hydrogen-bond acceptors (Lipinski definition) is 2. The molecule has 0 fully saturated rings. The third-order valence-corrected chi connectivity index (χ3v) is 3.63. The maximum atomic E-state index is 9.62. The van der Waals surface area contributed by atoms with E-state index >= 15 is 0 Å². The summed E-state index contributed by atoms with van der Waals surface area (Å²) in [7, 11) is 0. The first-order chi connectivity index (χ1) is 9.74. The zero-order chi connectivity index (χ0) is 14.4. The average Bonchev–Trinajstić information content (AvgIpc) is 2.48. The Morgan fingerprint density at radius 1 is 1.10 bits per heavy atom. The maximum Gasteiger partial charge on any atom is 0.119 e. The molecule has 1 N–H and O–H groups in total. The molecule has 0 spiro atoms. The lowest BCUT2D eigenvalue weighted by molar-refractivity contribution is 0.264. The number of ether oxygens (including phenoxy) is 1. The molecule has 2 nitrogen and oxygen atoms in total. The van der Waals surface area contributed by atoms with Crippen molar-refractivity contribution in [2.75, 3.05) is 13.2 Å². The number of rotatable bonds is 6. The van der Waals surface area contributed by atoms with E-state index in [1.807, 2.05) is 55.5 Å². The van der Waals surface area contributed by atoms with E-state index < -0.39 is 0 Å². The van der Waals surface area contributed by atoms with Crippen LogP contribution in [0.2, 0.25) is 5.02 Å². The number of hydrogen-bond donors (Lipinski definition) is 1. The van der Waals surface area contributed by atoms with E-state index in [1.54, 1.807) is 0 Å². The highest BCUT2D eigenvalue weighted by molar-refractivity contribution is 6.31. The number of aliphatic hydroxyl groups excluding tert-OH is 1. The predicted molar refractivity (Wildman–Crippen MR) is 82.6 cm³/mol. The zero-order valence-corrected chi connectivity index (χ0v) is 12.3. The van der Waals surface area contributed by atoms with Gasteiger partial charge in [0.1, 0.15) is 5.75 Å². The second kappa shape index (κ2) is 7.32. The predicted octanol–water partition coefficient (Wildman–Crippen LogP) is 4.06. The molecule has 0 saturated carbocycles. The fourth-order valence-electron chi connectivity index (χ4n) is 2.25. The van der Waals surface area contributed by atoms with Crippen molar-refractivity contribution in [3.63, 3.8) is 0 Å². The van der Waals surface area contributed by atoms with Crippen LogP contribution in [-0.4, -0.2) is 18.3 Å². The van der Waals surface area contributed by atoms with Gasteiger partial charge < -0.3 is 9.84 Å². The Morgan fingerprint density at radius 3 is 2.40 bits per heavy atom. The molecular formula is C17H19ClO2. The maximum absolute atomic E-state index is 9.62. The second-order valence-electron chi connectivity index (χ2n) is 4.68. The van der Waals surface area contributed by atoms with Gasteiger partial charge in [-0.15, -0.1) is 0 Å². The summed E-state index contributed by atoms with van der Waals surface area (Å²) < 4.78 is 5.43. The van der Waals surface area contributed by atoms with Crippen molar-refractivity contribution in [1.82, 2.24) is 0 Å². The fourth-order valence-corrected chi connectivity index (χ4v) is 2.54. The molecule has 0 amide bonds. The Kier molecular flexibility index (Phi) is 5.45. The molecule has 0 aromatic heterocycles. The molecule has 20 heavy (non-hydrogen) atoms. The van der Waals surface area contributed by atoms with E-state index in [-0.39, 0.29) is 12.5 Å². The molecule has 0 aliphatic carbocycles. The van der Waals surface area contributed by atoms with E-state index in [9.17, 15) is 5.11 Å². The van der Waals surface area contributed by atoms with Crippen LogP contribution < -0.4 is 4.74 Å². The van der Waals surface area contributed by atoms with Crippen molar-refractivity contribution in [2.45, 2.75) is 19.3 Å². The first-order valence-electron chi connectivity index (χ1n) is 6.81. The first-order valence-corrected chi connectivity index (χ1v) is 7.19. The van der Waals surface area contributed by atoms with Crippen LogP contribution in [0.25, 0.3) is 0 Å². The van der Waals surface area contributed by atoms with Crippen LogP contribution >= 0.6 is 11.6 Å². The molecule has 106 valence electrons. The van der Waals surface area contributed by atoms with Gasteiger partial charge in [-0.3, -0.25) is 0 Å². The summed E-state index contributed by atoms with van der Waals surface area (Å²) in [5.74, 6) is 0.885.